The van der Waals surface area contributed by atoms with Crippen molar-refractivity contribution in [1.82, 2.24) is 35.6 Å². The number of alkyl halides is 2. The minimum atomic E-state index is -5.90. The first kappa shape index (κ1) is 55.5. The number of rotatable bonds is 17. The zero-order valence-corrected chi connectivity index (χ0v) is 44.5. The van der Waals surface area contributed by atoms with Crippen molar-refractivity contribution in [3.8, 4) is 22.3 Å². The standard InChI is InChI=1S/C54H55F2N8O11PS2/c55-54(56,76(73,74)75)34-16-21-42-33(26-34)27-43(77-42)50(70)60-39-30-62(47(67)15-8-3-1-2-5-10-31-13-9-14-36-37(31)29-63(52(36)71)40-20-23-46(66)61-48(40)68)25-24-35-17-19-41(64(35)53(39)72)49(69)59-38(18-22-45(57)65)51-58-28-44(78-51)32-11-6-4-7-12-32/h4,6-7,9,11-14,16,21,26-28,35,38-41H,1-3,8,15,17-20,22-25,29-30H2,(H2,57,65)(H,59,69)(H,60,70)(H,61,66,68)(H2,73,74,75)/t35-,38+,39+,40?,41+/m1/s1. The number of nitrogens with zero attached hydrogens (tertiary/aromatic N) is 4. The first-order chi connectivity index (χ1) is 37.3. The molecule has 0 aliphatic carbocycles. The maximum absolute atomic E-state index is 14.9. The maximum Gasteiger partial charge on any atom is 0.399 e. The number of hydrogen-bond acceptors (Lipinski definition) is 12. The third-order valence-corrected chi connectivity index (χ3v) is 17.7. The van der Waals surface area contributed by atoms with E-state index in [-0.39, 0.29) is 86.1 Å². The van der Waals surface area contributed by atoms with Crippen molar-refractivity contribution in [2.45, 2.75) is 119 Å². The first-order valence-corrected chi connectivity index (χ1v) is 28.8. The van der Waals surface area contributed by atoms with Gasteiger partial charge in [0.1, 0.15) is 23.1 Å². The zero-order valence-electron chi connectivity index (χ0n) is 42.0. The number of fused-ring (bicyclic) bond motifs is 3. The molecule has 78 heavy (non-hydrogen) atoms. The summed E-state index contributed by atoms with van der Waals surface area (Å²) in [5, 5.41) is 8.71. The highest BCUT2D eigenvalue weighted by molar-refractivity contribution is 7.52. The second kappa shape index (κ2) is 23.4. The number of amides is 8. The van der Waals surface area contributed by atoms with Crippen LogP contribution >= 0.6 is 30.3 Å². The summed E-state index contributed by atoms with van der Waals surface area (Å²) < 4.78 is 41.4. The molecule has 0 radical (unpaired) electrons. The Labute approximate surface area is 454 Å². The summed E-state index contributed by atoms with van der Waals surface area (Å²) in [6, 6.07) is 14.6. The predicted molar refractivity (Wildman–Crippen MR) is 283 cm³/mol. The molecule has 7 N–H and O–H groups in total. The van der Waals surface area contributed by atoms with E-state index in [4.69, 9.17) is 5.73 Å². The van der Waals surface area contributed by atoms with Crippen LogP contribution in [0.15, 0.2) is 79.0 Å². The molecule has 24 heteroatoms. The van der Waals surface area contributed by atoms with Gasteiger partial charge in [0, 0.05) is 78.9 Å². The van der Waals surface area contributed by atoms with Gasteiger partial charge in [-0.1, -0.05) is 60.7 Å². The molecule has 5 aromatic rings. The number of hydrogen-bond donors (Lipinski definition) is 6. The van der Waals surface area contributed by atoms with Crippen LogP contribution < -0.4 is 21.7 Å². The van der Waals surface area contributed by atoms with Crippen molar-refractivity contribution >= 4 is 87.6 Å². The Hall–Kier alpha value is -7.22. The summed E-state index contributed by atoms with van der Waals surface area (Å²) in [4.78, 5) is 136. The minimum absolute atomic E-state index is 0.0142. The topological polar surface area (TPSA) is 279 Å². The molecule has 6 heterocycles. The van der Waals surface area contributed by atoms with Crippen LogP contribution in [0.3, 0.4) is 0 Å². The first-order valence-electron chi connectivity index (χ1n) is 25.5. The van der Waals surface area contributed by atoms with E-state index in [0.717, 1.165) is 33.9 Å². The molecule has 8 amide bonds. The van der Waals surface area contributed by atoms with E-state index in [2.05, 4.69) is 32.8 Å². The Balaban J connectivity index is 0.879. The molecule has 3 aromatic carbocycles. The van der Waals surface area contributed by atoms with Crippen molar-refractivity contribution in [2.75, 3.05) is 13.1 Å². The minimum Gasteiger partial charge on any atom is -0.370 e. The molecule has 9 rings (SSSR count). The van der Waals surface area contributed by atoms with Gasteiger partial charge in [-0.3, -0.25) is 48.2 Å². The van der Waals surface area contributed by atoms with Crippen LogP contribution in [-0.4, -0.2) is 114 Å². The van der Waals surface area contributed by atoms with Crippen molar-refractivity contribution in [2.24, 2.45) is 5.73 Å². The van der Waals surface area contributed by atoms with Crippen LogP contribution in [-0.2, 0) is 45.5 Å². The van der Waals surface area contributed by atoms with Crippen molar-refractivity contribution < 1.29 is 61.5 Å². The van der Waals surface area contributed by atoms with E-state index < -0.39 is 78.6 Å². The number of aromatic nitrogens is 1. The Morgan fingerprint density at radius 1 is 0.936 bits per heavy atom. The molecule has 2 aromatic heterocycles. The van der Waals surface area contributed by atoms with E-state index in [1.165, 1.54) is 38.2 Å². The van der Waals surface area contributed by atoms with Gasteiger partial charge in [0.15, 0.2) is 0 Å². The van der Waals surface area contributed by atoms with E-state index >= 15 is 0 Å². The quantitative estimate of drug-likeness (QED) is 0.0278. The van der Waals surface area contributed by atoms with E-state index in [9.17, 15) is 61.5 Å². The number of imide groups is 1. The summed E-state index contributed by atoms with van der Waals surface area (Å²) in [5.41, 5.74) is 2.84. The fraction of sp³-hybridized carbons (Fsp3) is 0.389. The SMILES string of the molecule is NC(=O)CC[C@H](NC(=O)[C@@H]1CC[C@@H]2CCN(C(=O)CCCCCC#Cc3cccc4c3CN(C3CCC(=O)NC3=O)C4=O)C[C@H](NC(=O)c3cc4cc(C(F)(F)P(=O)(O)O)ccc4s3)C(=O)N21)c1ncc(-c2ccccc2)s1. The molecule has 1 unspecified atom stereocenters. The van der Waals surface area contributed by atoms with Gasteiger partial charge in [-0.2, -0.15) is 8.78 Å². The molecule has 3 saturated heterocycles. The summed E-state index contributed by atoms with van der Waals surface area (Å²) >= 11 is 2.24. The van der Waals surface area contributed by atoms with E-state index in [0.29, 0.717) is 64.9 Å². The lowest BCUT2D eigenvalue weighted by molar-refractivity contribution is -0.145. The molecule has 0 spiro atoms. The molecule has 3 fully saturated rings. The molecule has 0 bridgehead atoms. The van der Waals surface area contributed by atoms with Crippen LogP contribution in [0, 0.1) is 11.8 Å². The van der Waals surface area contributed by atoms with Crippen LogP contribution in [0.25, 0.3) is 20.5 Å². The Kier molecular flexibility index (Phi) is 16.7. The molecule has 4 aliphatic rings. The number of benzene rings is 3. The van der Waals surface area contributed by atoms with Gasteiger partial charge >= 0.3 is 13.3 Å². The summed E-state index contributed by atoms with van der Waals surface area (Å²) in [6.07, 6.45) is 5.45. The van der Waals surface area contributed by atoms with Crippen LogP contribution in [0.4, 0.5) is 8.78 Å². The second-order valence-corrected chi connectivity index (χ2v) is 23.5. The monoisotopic (exact) mass is 1120 g/mol. The molecule has 4 aliphatic heterocycles. The second-order valence-electron chi connectivity index (χ2n) is 19.7. The molecule has 19 nitrogen and oxygen atoms in total. The number of thiazole rings is 1. The average molecular weight is 1130 g/mol. The number of carbonyl (C=O) groups is 8. The summed E-state index contributed by atoms with van der Waals surface area (Å²) in [5.74, 6) is 2.39. The van der Waals surface area contributed by atoms with Gasteiger partial charge in [0.2, 0.25) is 35.4 Å². The number of nitrogens with two attached hydrogens (primary N) is 1. The third kappa shape index (κ3) is 12.1. The number of primary amides is 1. The number of unbranched alkanes of at least 4 members (excludes halogenated alkanes) is 3. The molecular formula is C54H55F2N8O11PS2. The largest absolute Gasteiger partial charge is 0.399 e. The number of thiophene rings is 1. The van der Waals surface area contributed by atoms with Crippen molar-refractivity contribution in [3.05, 3.63) is 111 Å². The Bertz CT molecular complexity index is 3320. The number of nitrogens with one attached hydrogen (secondary N) is 3. The van der Waals surface area contributed by atoms with Gasteiger partial charge in [0.05, 0.1) is 15.8 Å². The number of carbonyl (C=O) groups excluding carboxylic acids is 8. The highest BCUT2D eigenvalue weighted by Crippen LogP contribution is 2.59. The lowest BCUT2D eigenvalue weighted by atomic mass is 10.0. The molecule has 0 saturated carbocycles. The van der Waals surface area contributed by atoms with Crippen molar-refractivity contribution in [3.63, 3.8) is 0 Å². The zero-order chi connectivity index (χ0) is 55.5. The predicted octanol–water partition coefficient (Wildman–Crippen LogP) is 5.83. The summed E-state index contributed by atoms with van der Waals surface area (Å²) in [6.45, 7) is 0.120. The Morgan fingerprint density at radius 2 is 1.73 bits per heavy atom. The van der Waals surface area contributed by atoms with Crippen LogP contribution in [0.1, 0.15) is 125 Å². The summed E-state index contributed by atoms with van der Waals surface area (Å²) in [7, 11) is -5.90. The molecule has 408 valence electrons. The molecule has 5 atom stereocenters. The average Bonchev–Trinajstić information content (AvgIpc) is 4.29. The normalized spacial score (nSPS) is 20.0. The lowest BCUT2D eigenvalue weighted by Gasteiger charge is -2.39. The number of halogens is 2. The number of piperidine rings is 1. The van der Waals surface area contributed by atoms with Crippen LogP contribution in [0.2, 0.25) is 0 Å². The maximum atomic E-state index is 14.9. The third-order valence-electron chi connectivity index (χ3n) is 14.5. The fourth-order valence-electron chi connectivity index (χ4n) is 10.4. The smallest absolute Gasteiger partial charge is 0.370 e. The van der Waals surface area contributed by atoms with E-state index in [1.807, 2.05) is 36.4 Å². The van der Waals surface area contributed by atoms with Gasteiger partial charge in [-0.25, -0.2) is 4.98 Å². The Morgan fingerprint density at radius 3 is 2.49 bits per heavy atom. The van der Waals surface area contributed by atoms with Crippen LogP contribution in [0.5, 0.6) is 0 Å². The lowest BCUT2D eigenvalue weighted by Crippen LogP contribution is -2.61. The molecular weight excluding hydrogens is 1070 g/mol. The van der Waals surface area contributed by atoms with Gasteiger partial charge in [0.25, 0.3) is 11.8 Å². The van der Waals surface area contributed by atoms with Gasteiger partial charge in [-0.15, -0.1) is 22.7 Å². The van der Waals surface area contributed by atoms with Crippen molar-refractivity contribution in [1.29, 1.82) is 0 Å². The highest BCUT2D eigenvalue weighted by Gasteiger charge is 2.51. The van der Waals surface area contributed by atoms with E-state index in [1.54, 1.807) is 18.3 Å². The van der Waals surface area contributed by atoms with Gasteiger partial charge < -0.3 is 40.9 Å². The van der Waals surface area contributed by atoms with Gasteiger partial charge in [-0.05, 0) is 91.8 Å². The highest BCUT2D eigenvalue weighted by atomic mass is 32.1. The fourth-order valence-corrected chi connectivity index (χ4v) is 12.8.